The van der Waals surface area contributed by atoms with E-state index in [1.165, 1.54) is 0 Å². The van der Waals surface area contributed by atoms with E-state index in [1.807, 2.05) is 5.43 Å². The minimum atomic E-state index is -1.14. The van der Waals surface area contributed by atoms with Crippen molar-refractivity contribution in [1.29, 1.82) is 0 Å². The standard InChI is InChI=1S/C13H18ClN3O3/c1-13(2,3)16-12(19)20-10(11(18)17-15)8-4-6-9(14)7-5-8/h4-7,10H,15H2,1-3H3,(H,16,19)(H,17,18). The Labute approximate surface area is 122 Å². The molecule has 0 bridgehead atoms. The molecular formula is C13H18ClN3O3. The Hall–Kier alpha value is -1.79. The molecule has 1 aromatic rings. The van der Waals surface area contributed by atoms with E-state index in [1.54, 1.807) is 45.0 Å². The third-order valence-corrected chi connectivity index (χ3v) is 2.51. The highest BCUT2D eigenvalue weighted by Gasteiger charge is 2.26. The Morgan fingerprint density at radius 1 is 1.25 bits per heavy atom. The van der Waals surface area contributed by atoms with Crippen molar-refractivity contribution in [1.82, 2.24) is 10.7 Å². The Morgan fingerprint density at radius 2 is 1.80 bits per heavy atom. The molecule has 0 aliphatic rings. The lowest BCUT2D eigenvalue weighted by molar-refractivity contribution is -0.130. The summed E-state index contributed by atoms with van der Waals surface area (Å²) in [6.07, 6.45) is -1.85. The highest BCUT2D eigenvalue weighted by molar-refractivity contribution is 6.30. The molecule has 4 N–H and O–H groups in total. The number of carbonyl (C=O) groups excluding carboxylic acids is 2. The second-order valence-corrected chi connectivity index (χ2v) is 5.66. The summed E-state index contributed by atoms with van der Waals surface area (Å²) in [5.41, 5.74) is 1.97. The van der Waals surface area contributed by atoms with E-state index in [4.69, 9.17) is 22.2 Å². The van der Waals surface area contributed by atoms with Crippen molar-refractivity contribution in [3.05, 3.63) is 34.9 Å². The molecule has 20 heavy (non-hydrogen) atoms. The van der Waals surface area contributed by atoms with Crippen LogP contribution >= 0.6 is 11.6 Å². The maximum atomic E-state index is 11.7. The number of amides is 2. The second-order valence-electron chi connectivity index (χ2n) is 5.22. The summed E-state index contributed by atoms with van der Waals surface area (Å²) in [6, 6.07) is 6.37. The van der Waals surface area contributed by atoms with Crippen LogP contribution in [0.2, 0.25) is 5.02 Å². The first-order valence-corrected chi connectivity index (χ1v) is 6.35. The molecule has 1 unspecified atom stereocenters. The van der Waals surface area contributed by atoms with Crippen LogP contribution in [0.3, 0.4) is 0 Å². The van der Waals surface area contributed by atoms with Gasteiger partial charge in [-0.3, -0.25) is 10.2 Å². The maximum Gasteiger partial charge on any atom is 0.408 e. The van der Waals surface area contributed by atoms with Crippen molar-refractivity contribution in [2.24, 2.45) is 5.84 Å². The zero-order chi connectivity index (χ0) is 15.3. The van der Waals surface area contributed by atoms with Crippen LogP contribution in [-0.2, 0) is 9.53 Å². The Bertz CT molecular complexity index is 483. The fraction of sp³-hybridized carbons (Fsp3) is 0.385. The zero-order valence-corrected chi connectivity index (χ0v) is 12.3. The number of hydrazine groups is 1. The van der Waals surface area contributed by atoms with Crippen LogP contribution in [0, 0.1) is 0 Å². The van der Waals surface area contributed by atoms with Gasteiger partial charge in [-0.05, 0) is 32.9 Å². The average molecular weight is 300 g/mol. The summed E-state index contributed by atoms with van der Waals surface area (Å²) in [7, 11) is 0. The number of alkyl carbamates (subject to hydrolysis) is 1. The Kier molecular flexibility index (Phi) is 5.35. The van der Waals surface area contributed by atoms with Gasteiger partial charge in [-0.2, -0.15) is 0 Å². The molecule has 0 saturated heterocycles. The lowest BCUT2D eigenvalue weighted by atomic mass is 10.1. The topological polar surface area (TPSA) is 93.4 Å². The lowest BCUT2D eigenvalue weighted by Crippen LogP contribution is -2.44. The van der Waals surface area contributed by atoms with E-state index in [0.29, 0.717) is 10.6 Å². The molecule has 0 aromatic heterocycles. The number of carbonyl (C=O) groups is 2. The number of nitrogens with one attached hydrogen (secondary N) is 2. The van der Waals surface area contributed by atoms with Gasteiger partial charge in [0.15, 0.2) is 0 Å². The van der Waals surface area contributed by atoms with E-state index in [2.05, 4.69) is 5.32 Å². The molecule has 0 heterocycles. The van der Waals surface area contributed by atoms with Crippen molar-refractivity contribution in [2.45, 2.75) is 32.4 Å². The van der Waals surface area contributed by atoms with Gasteiger partial charge < -0.3 is 10.1 Å². The number of ether oxygens (including phenoxy) is 1. The molecule has 1 rings (SSSR count). The summed E-state index contributed by atoms with van der Waals surface area (Å²) in [4.78, 5) is 23.5. The normalized spacial score (nSPS) is 12.4. The maximum absolute atomic E-state index is 11.7. The molecule has 2 amide bonds. The van der Waals surface area contributed by atoms with Crippen LogP contribution in [0.5, 0.6) is 0 Å². The number of hydrogen-bond acceptors (Lipinski definition) is 4. The van der Waals surface area contributed by atoms with Gasteiger partial charge >= 0.3 is 6.09 Å². The van der Waals surface area contributed by atoms with Crippen LogP contribution in [0.1, 0.15) is 32.4 Å². The van der Waals surface area contributed by atoms with Gasteiger partial charge in [-0.25, -0.2) is 10.6 Å². The second kappa shape index (κ2) is 6.58. The number of benzene rings is 1. The van der Waals surface area contributed by atoms with Crippen molar-refractivity contribution in [3.63, 3.8) is 0 Å². The summed E-state index contributed by atoms with van der Waals surface area (Å²) >= 11 is 5.78. The van der Waals surface area contributed by atoms with Crippen molar-refractivity contribution in [2.75, 3.05) is 0 Å². The van der Waals surface area contributed by atoms with Crippen molar-refractivity contribution < 1.29 is 14.3 Å². The summed E-state index contributed by atoms with van der Waals surface area (Å²) in [5.74, 6) is 4.48. The lowest BCUT2D eigenvalue weighted by Gasteiger charge is -2.23. The van der Waals surface area contributed by atoms with Gasteiger partial charge in [0.1, 0.15) is 0 Å². The van der Waals surface area contributed by atoms with Gasteiger partial charge in [0.05, 0.1) is 0 Å². The Balaban J connectivity index is 2.88. The summed E-state index contributed by atoms with van der Waals surface area (Å²) < 4.78 is 5.12. The third kappa shape index (κ3) is 5.07. The van der Waals surface area contributed by atoms with E-state index >= 15 is 0 Å². The molecule has 0 saturated carbocycles. The largest absolute Gasteiger partial charge is 0.431 e. The molecule has 1 atom stereocenters. The van der Waals surface area contributed by atoms with Gasteiger partial charge in [-0.1, -0.05) is 23.7 Å². The van der Waals surface area contributed by atoms with E-state index in [0.717, 1.165) is 0 Å². The van der Waals surface area contributed by atoms with Crippen LogP contribution in [0.4, 0.5) is 4.79 Å². The van der Waals surface area contributed by atoms with E-state index < -0.39 is 23.6 Å². The monoisotopic (exact) mass is 299 g/mol. The predicted molar refractivity (Wildman–Crippen MR) is 75.9 cm³/mol. The van der Waals surface area contributed by atoms with E-state index in [9.17, 15) is 9.59 Å². The fourth-order valence-corrected chi connectivity index (χ4v) is 1.55. The number of halogens is 1. The van der Waals surface area contributed by atoms with Crippen LogP contribution in [0.15, 0.2) is 24.3 Å². The van der Waals surface area contributed by atoms with E-state index in [-0.39, 0.29) is 0 Å². The highest BCUT2D eigenvalue weighted by atomic mass is 35.5. The molecule has 1 aromatic carbocycles. The van der Waals surface area contributed by atoms with Crippen LogP contribution in [-0.4, -0.2) is 17.5 Å². The van der Waals surface area contributed by atoms with Gasteiger partial charge in [0.2, 0.25) is 6.10 Å². The van der Waals surface area contributed by atoms with Gasteiger partial charge in [0.25, 0.3) is 5.91 Å². The molecule has 0 aliphatic heterocycles. The molecule has 110 valence electrons. The smallest absolute Gasteiger partial charge is 0.408 e. The van der Waals surface area contributed by atoms with Crippen LogP contribution in [0.25, 0.3) is 0 Å². The highest BCUT2D eigenvalue weighted by Crippen LogP contribution is 2.20. The van der Waals surface area contributed by atoms with Crippen LogP contribution < -0.4 is 16.6 Å². The summed E-state index contributed by atoms with van der Waals surface area (Å²) in [6.45, 7) is 5.40. The molecule has 0 aliphatic carbocycles. The first kappa shape index (κ1) is 16.3. The SMILES string of the molecule is CC(C)(C)NC(=O)OC(C(=O)NN)c1ccc(Cl)cc1. The van der Waals surface area contributed by atoms with Gasteiger partial charge in [0, 0.05) is 16.1 Å². The number of rotatable bonds is 3. The molecule has 0 spiro atoms. The zero-order valence-electron chi connectivity index (χ0n) is 11.6. The minimum Gasteiger partial charge on any atom is -0.431 e. The fourth-order valence-electron chi connectivity index (χ4n) is 1.43. The average Bonchev–Trinajstić information content (AvgIpc) is 2.34. The Morgan fingerprint density at radius 3 is 2.25 bits per heavy atom. The first-order valence-electron chi connectivity index (χ1n) is 5.97. The quantitative estimate of drug-likeness (QED) is 0.451. The number of nitrogens with two attached hydrogens (primary N) is 1. The van der Waals surface area contributed by atoms with Crippen molar-refractivity contribution >= 4 is 23.6 Å². The molecule has 6 nitrogen and oxygen atoms in total. The summed E-state index contributed by atoms with van der Waals surface area (Å²) in [5, 5.41) is 3.12. The van der Waals surface area contributed by atoms with Crippen molar-refractivity contribution in [3.8, 4) is 0 Å². The molecule has 0 radical (unpaired) electrons. The third-order valence-electron chi connectivity index (χ3n) is 2.26. The molecule has 7 heteroatoms. The first-order chi connectivity index (χ1) is 9.23. The van der Waals surface area contributed by atoms with Gasteiger partial charge in [-0.15, -0.1) is 0 Å². The predicted octanol–water partition coefficient (Wildman–Crippen LogP) is 1.90. The molecular weight excluding hydrogens is 282 g/mol. The molecule has 0 fully saturated rings. The minimum absolute atomic E-state index is 0.471. The number of hydrogen-bond donors (Lipinski definition) is 3.